The minimum Gasteiger partial charge on any atom is -0.497 e. The number of nitrogens with one attached hydrogen (secondary N) is 1. The molecule has 4 heteroatoms. The lowest BCUT2D eigenvalue weighted by Gasteiger charge is -2.19. The van der Waals surface area contributed by atoms with E-state index in [2.05, 4.69) is 5.32 Å². The molecule has 2 aromatic rings. The van der Waals surface area contributed by atoms with Crippen molar-refractivity contribution in [2.45, 2.75) is 0 Å². The van der Waals surface area contributed by atoms with Crippen molar-refractivity contribution in [1.29, 1.82) is 0 Å². The van der Waals surface area contributed by atoms with Crippen molar-refractivity contribution in [2.24, 2.45) is 0 Å². The van der Waals surface area contributed by atoms with Gasteiger partial charge in [0.1, 0.15) is 5.75 Å². The number of carbonyl (C=O) groups excluding carboxylic acids is 1. The van der Waals surface area contributed by atoms with Gasteiger partial charge in [0.05, 0.1) is 12.8 Å². The van der Waals surface area contributed by atoms with Crippen LogP contribution in [0.4, 0.5) is 5.69 Å². The van der Waals surface area contributed by atoms with Gasteiger partial charge in [0, 0.05) is 0 Å². The molecule has 0 atom stereocenters. The minimum absolute atomic E-state index is 0.258. The van der Waals surface area contributed by atoms with Gasteiger partial charge < -0.3 is 14.8 Å². The Morgan fingerprint density at radius 3 is 2.85 bits per heavy atom. The van der Waals surface area contributed by atoms with Crippen LogP contribution in [0, 0.1) is 0 Å². The molecule has 4 nitrogen and oxygen atoms in total. The van der Waals surface area contributed by atoms with Crippen LogP contribution in [0.15, 0.2) is 54.3 Å². The molecular weight excluding hydrogens is 254 g/mol. The maximum atomic E-state index is 12.0. The second-order valence-corrected chi connectivity index (χ2v) is 4.34. The lowest BCUT2D eigenvalue weighted by molar-refractivity contribution is -0.115. The highest BCUT2D eigenvalue weighted by atomic mass is 16.5. The molecule has 20 heavy (non-hydrogen) atoms. The van der Waals surface area contributed by atoms with E-state index in [0.29, 0.717) is 11.4 Å². The van der Waals surface area contributed by atoms with Crippen molar-refractivity contribution in [2.75, 3.05) is 12.4 Å². The van der Waals surface area contributed by atoms with Crippen LogP contribution < -0.4 is 14.8 Å². The molecule has 100 valence electrons. The standard InChI is InChI=1S/C16H13NO3/c1-19-12-6-4-5-11(9-12)10-15-16(18)17-13-7-2-3-8-14(13)20-15/h2-10H,1H3,(H,17,18)/b15-10-. The van der Waals surface area contributed by atoms with Gasteiger partial charge in [-0.25, -0.2) is 0 Å². The third kappa shape index (κ3) is 2.36. The predicted octanol–water partition coefficient (Wildman–Crippen LogP) is 3.07. The zero-order chi connectivity index (χ0) is 13.9. The van der Waals surface area contributed by atoms with Crippen LogP contribution in [0.3, 0.4) is 0 Å². The Balaban J connectivity index is 1.94. The monoisotopic (exact) mass is 267 g/mol. The molecule has 1 aliphatic heterocycles. The molecule has 0 saturated heterocycles. The zero-order valence-electron chi connectivity index (χ0n) is 10.9. The number of hydrogen-bond donors (Lipinski definition) is 1. The Morgan fingerprint density at radius 2 is 2.00 bits per heavy atom. The van der Waals surface area contributed by atoms with Crippen LogP contribution in [-0.2, 0) is 4.79 Å². The second kappa shape index (κ2) is 5.09. The number of hydrogen-bond acceptors (Lipinski definition) is 3. The van der Waals surface area contributed by atoms with Gasteiger partial charge in [0.2, 0.25) is 0 Å². The lowest BCUT2D eigenvalue weighted by atomic mass is 10.1. The number of fused-ring (bicyclic) bond motifs is 1. The summed E-state index contributed by atoms with van der Waals surface area (Å²) in [5, 5.41) is 2.80. The van der Waals surface area contributed by atoms with E-state index < -0.39 is 0 Å². The number of methoxy groups -OCH3 is 1. The van der Waals surface area contributed by atoms with Crippen LogP contribution in [0.25, 0.3) is 6.08 Å². The summed E-state index contributed by atoms with van der Waals surface area (Å²) in [5.74, 6) is 1.38. The number of para-hydroxylation sites is 2. The molecule has 0 aromatic heterocycles. The summed E-state index contributed by atoms with van der Waals surface area (Å²) in [5.41, 5.74) is 1.52. The van der Waals surface area contributed by atoms with Gasteiger partial charge in [0.25, 0.3) is 5.91 Å². The Morgan fingerprint density at radius 1 is 1.15 bits per heavy atom. The first kappa shape index (κ1) is 12.3. The topological polar surface area (TPSA) is 47.6 Å². The number of rotatable bonds is 2. The molecule has 0 fully saturated rings. The van der Waals surface area contributed by atoms with Gasteiger partial charge in [0.15, 0.2) is 11.5 Å². The van der Waals surface area contributed by atoms with Crippen molar-refractivity contribution in [3.05, 3.63) is 59.9 Å². The molecule has 1 heterocycles. The maximum Gasteiger partial charge on any atom is 0.291 e. The fraction of sp³-hybridized carbons (Fsp3) is 0.0625. The Bertz CT molecular complexity index is 692. The minimum atomic E-state index is -0.258. The summed E-state index contributed by atoms with van der Waals surface area (Å²) in [6, 6.07) is 14.7. The van der Waals surface area contributed by atoms with Gasteiger partial charge >= 0.3 is 0 Å². The van der Waals surface area contributed by atoms with Gasteiger partial charge in [-0.3, -0.25) is 4.79 Å². The van der Waals surface area contributed by atoms with E-state index in [1.165, 1.54) is 0 Å². The van der Waals surface area contributed by atoms with E-state index in [-0.39, 0.29) is 11.7 Å². The van der Waals surface area contributed by atoms with E-state index in [1.54, 1.807) is 19.3 Å². The van der Waals surface area contributed by atoms with E-state index in [0.717, 1.165) is 11.3 Å². The lowest BCUT2D eigenvalue weighted by Crippen LogP contribution is -2.23. The molecule has 0 aliphatic carbocycles. The Kier molecular flexibility index (Phi) is 3.13. The van der Waals surface area contributed by atoms with Gasteiger partial charge in [-0.05, 0) is 35.9 Å². The van der Waals surface area contributed by atoms with E-state index >= 15 is 0 Å². The fourth-order valence-corrected chi connectivity index (χ4v) is 1.99. The normalized spacial score (nSPS) is 15.2. The number of ether oxygens (including phenoxy) is 2. The van der Waals surface area contributed by atoms with Gasteiger partial charge in [-0.1, -0.05) is 24.3 Å². The first-order valence-corrected chi connectivity index (χ1v) is 6.20. The third-order valence-electron chi connectivity index (χ3n) is 2.97. The summed E-state index contributed by atoms with van der Waals surface area (Å²) in [6.07, 6.45) is 1.69. The first-order valence-electron chi connectivity index (χ1n) is 6.20. The molecule has 1 amide bonds. The fourth-order valence-electron chi connectivity index (χ4n) is 1.99. The molecule has 0 radical (unpaired) electrons. The molecule has 0 saturated carbocycles. The summed E-state index contributed by atoms with van der Waals surface area (Å²) in [6.45, 7) is 0. The molecular formula is C16H13NO3. The largest absolute Gasteiger partial charge is 0.497 e. The molecule has 0 unspecified atom stereocenters. The highest BCUT2D eigenvalue weighted by Crippen LogP contribution is 2.30. The summed E-state index contributed by atoms with van der Waals surface area (Å²) in [7, 11) is 1.60. The van der Waals surface area contributed by atoms with Crippen LogP contribution >= 0.6 is 0 Å². The molecule has 1 N–H and O–H groups in total. The van der Waals surface area contributed by atoms with E-state index in [9.17, 15) is 4.79 Å². The maximum absolute atomic E-state index is 12.0. The summed E-state index contributed by atoms with van der Waals surface area (Å²) >= 11 is 0. The van der Waals surface area contributed by atoms with Crippen molar-refractivity contribution >= 4 is 17.7 Å². The van der Waals surface area contributed by atoms with Gasteiger partial charge in [-0.2, -0.15) is 0 Å². The number of amides is 1. The number of carbonyl (C=O) groups is 1. The zero-order valence-corrected chi connectivity index (χ0v) is 10.9. The average molecular weight is 267 g/mol. The van der Waals surface area contributed by atoms with Crippen LogP contribution in [0.5, 0.6) is 11.5 Å². The molecule has 1 aliphatic rings. The summed E-state index contributed by atoms with van der Waals surface area (Å²) in [4.78, 5) is 12.0. The first-order chi connectivity index (χ1) is 9.76. The van der Waals surface area contributed by atoms with Crippen LogP contribution in [-0.4, -0.2) is 13.0 Å². The highest BCUT2D eigenvalue weighted by Gasteiger charge is 2.21. The quantitative estimate of drug-likeness (QED) is 0.851. The predicted molar refractivity (Wildman–Crippen MR) is 76.7 cm³/mol. The molecule has 0 spiro atoms. The highest BCUT2D eigenvalue weighted by molar-refractivity contribution is 6.08. The van der Waals surface area contributed by atoms with E-state index in [4.69, 9.17) is 9.47 Å². The molecule has 3 rings (SSSR count). The van der Waals surface area contributed by atoms with Crippen LogP contribution in [0.1, 0.15) is 5.56 Å². The van der Waals surface area contributed by atoms with Crippen LogP contribution in [0.2, 0.25) is 0 Å². The Hall–Kier alpha value is -2.75. The smallest absolute Gasteiger partial charge is 0.291 e. The van der Waals surface area contributed by atoms with Crippen molar-refractivity contribution < 1.29 is 14.3 Å². The average Bonchev–Trinajstić information content (AvgIpc) is 2.48. The van der Waals surface area contributed by atoms with E-state index in [1.807, 2.05) is 42.5 Å². The van der Waals surface area contributed by atoms with Crippen molar-refractivity contribution in [3.8, 4) is 11.5 Å². The third-order valence-corrected chi connectivity index (χ3v) is 2.97. The SMILES string of the molecule is COc1cccc(/C=C2\Oc3ccccc3NC2=O)c1. The number of anilines is 1. The Labute approximate surface area is 116 Å². The van der Waals surface area contributed by atoms with Crippen molar-refractivity contribution in [1.82, 2.24) is 0 Å². The molecule has 2 aromatic carbocycles. The number of benzene rings is 2. The summed E-state index contributed by atoms with van der Waals surface area (Å²) < 4.78 is 10.8. The second-order valence-electron chi connectivity index (χ2n) is 4.34. The van der Waals surface area contributed by atoms with Crippen molar-refractivity contribution in [3.63, 3.8) is 0 Å². The molecule has 0 bridgehead atoms. The van der Waals surface area contributed by atoms with Gasteiger partial charge in [-0.15, -0.1) is 0 Å².